The lowest BCUT2D eigenvalue weighted by Crippen LogP contribution is -2.46. The third-order valence-electron chi connectivity index (χ3n) is 4.80. The maximum Gasteiger partial charge on any atom is 0.234 e. The molecule has 2 rings (SSSR count). The van der Waals surface area contributed by atoms with E-state index in [9.17, 15) is 4.79 Å². The summed E-state index contributed by atoms with van der Waals surface area (Å²) in [6.07, 6.45) is 7.37. The molecule has 4 heteroatoms. The van der Waals surface area contributed by atoms with Crippen LogP contribution in [0, 0.1) is 5.92 Å². The summed E-state index contributed by atoms with van der Waals surface area (Å²) in [6, 6.07) is 1.06. The van der Waals surface area contributed by atoms with Crippen molar-refractivity contribution in [1.29, 1.82) is 0 Å². The average molecular weight is 281 g/mol. The number of hydrogen-bond acceptors (Lipinski definition) is 3. The standard InChI is InChI=1S/C16H31N3O/c1-3-5-13(2)18-16(20)12-19-10-7-14(8-11-19)15-6-4-9-17-15/h13-15,17H,3-12H2,1-2H3,(H,18,20). The first-order valence-electron chi connectivity index (χ1n) is 8.44. The molecule has 0 bridgehead atoms. The molecule has 116 valence electrons. The van der Waals surface area contributed by atoms with Crippen LogP contribution >= 0.6 is 0 Å². The van der Waals surface area contributed by atoms with E-state index in [1.54, 1.807) is 0 Å². The number of likely N-dealkylation sites (tertiary alicyclic amines) is 1. The molecule has 4 nitrogen and oxygen atoms in total. The van der Waals surface area contributed by atoms with Gasteiger partial charge in [0, 0.05) is 12.1 Å². The lowest BCUT2D eigenvalue weighted by atomic mass is 9.88. The summed E-state index contributed by atoms with van der Waals surface area (Å²) in [5.74, 6) is 1.03. The lowest BCUT2D eigenvalue weighted by molar-refractivity contribution is -0.123. The van der Waals surface area contributed by atoms with E-state index in [1.807, 2.05) is 0 Å². The van der Waals surface area contributed by atoms with Crippen LogP contribution in [0.2, 0.25) is 0 Å². The van der Waals surface area contributed by atoms with Gasteiger partial charge in [0.1, 0.15) is 0 Å². The van der Waals surface area contributed by atoms with Crippen LogP contribution < -0.4 is 10.6 Å². The molecule has 0 aromatic rings. The van der Waals surface area contributed by atoms with Crippen molar-refractivity contribution in [1.82, 2.24) is 15.5 Å². The minimum atomic E-state index is 0.198. The Labute approximate surface area is 123 Å². The van der Waals surface area contributed by atoms with Crippen molar-refractivity contribution in [3.63, 3.8) is 0 Å². The van der Waals surface area contributed by atoms with Gasteiger partial charge >= 0.3 is 0 Å². The fourth-order valence-corrected chi connectivity index (χ4v) is 3.66. The monoisotopic (exact) mass is 281 g/mol. The molecule has 0 aromatic carbocycles. The Hall–Kier alpha value is -0.610. The van der Waals surface area contributed by atoms with Gasteiger partial charge in [0.15, 0.2) is 0 Å². The van der Waals surface area contributed by atoms with Crippen LogP contribution in [0.5, 0.6) is 0 Å². The first-order chi connectivity index (χ1) is 9.69. The predicted octanol–water partition coefficient (Wildman–Crippen LogP) is 1.76. The number of nitrogens with zero attached hydrogens (tertiary/aromatic N) is 1. The molecule has 2 aliphatic rings. The molecule has 0 spiro atoms. The fraction of sp³-hybridized carbons (Fsp3) is 0.938. The van der Waals surface area contributed by atoms with E-state index in [-0.39, 0.29) is 5.91 Å². The number of piperidine rings is 1. The summed E-state index contributed by atoms with van der Waals surface area (Å²) in [7, 11) is 0. The smallest absolute Gasteiger partial charge is 0.234 e. The highest BCUT2D eigenvalue weighted by Gasteiger charge is 2.28. The molecule has 0 saturated carbocycles. The summed E-state index contributed by atoms with van der Waals surface area (Å²) in [4.78, 5) is 14.3. The molecule has 2 aliphatic heterocycles. The number of rotatable bonds is 6. The minimum Gasteiger partial charge on any atom is -0.353 e. The zero-order valence-electron chi connectivity index (χ0n) is 13.2. The van der Waals surface area contributed by atoms with Crippen LogP contribution in [0.1, 0.15) is 52.4 Å². The van der Waals surface area contributed by atoms with Gasteiger partial charge in [0.2, 0.25) is 5.91 Å². The summed E-state index contributed by atoms with van der Waals surface area (Å²) in [5, 5.41) is 6.73. The van der Waals surface area contributed by atoms with Crippen LogP contribution in [0.3, 0.4) is 0 Å². The molecule has 0 aliphatic carbocycles. The molecule has 1 amide bonds. The van der Waals surface area contributed by atoms with Crippen molar-refractivity contribution < 1.29 is 4.79 Å². The van der Waals surface area contributed by atoms with Gasteiger partial charge in [-0.2, -0.15) is 0 Å². The normalized spacial score (nSPS) is 26.6. The van der Waals surface area contributed by atoms with Crippen molar-refractivity contribution in [2.45, 2.75) is 64.5 Å². The molecular weight excluding hydrogens is 250 g/mol. The van der Waals surface area contributed by atoms with Gasteiger partial charge in [-0.15, -0.1) is 0 Å². The topological polar surface area (TPSA) is 44.4 Å². The van der Waals surface area contributed by atoms with E-state index in [4.69, 9.17) is 0 Å². The zero-order valence-corrected chi connectivity index (χ0v) is 13.2. The number of carbonyl (C=O) groups is 1. The van der Waals surface area contributed by atoms with Crippen LogP contribution in [0.15, 0.2) is 0 Å². The first kappa shape index (κ1) is 15.8. The van der Waals surface area contributed by atoms with E-state index in [2.05, 4.69) is 29.4 Å². The molecule has 2 fully saturated rings. The largest absolute Gasteiger partial charge is 0.353 e. The summed E-state index contributed by atoms with van der Waals surface area (Å²) >= 11 is 0. The Morgan fingerprint density at radius 1 is 1.35 bits per heavy atom. The summed E-state index contributed by atoms with van der Waals surface area (Å²) < 4.78 is 0. The predicted molar refractivity (Wildman–Crippen MR) is 82.7 cm³/mol. The highest BCUT2D eigenvalue weighted by Crippen LogP contribution is 2.25. The number of nitrogens with one attached hydrogen (secondary N) is 2. The van der Waals surface area contributed by atoms with Gasteiger partial charge in [-0.05, 0) is 64.6 Å². The SMILES string of the molecule is CCCC(C)NC(=O)CN1CCC(C2CCCN2)CC1. The van der Waals surface area contributed by atoms with Crippen LogP contribution in [-0.2, 0) is 4.79 Å². The molecule has 2 unspecified atom stereocenters. The average Bonchev–Trinajstić information content (AvgIpc) is 2.93. The van der Waals surface area contributed by atoms with Gasteiger partial charge in [-0.1, -0.05) is 13.3 Å². The highest BCUT2D eigenvalue weighted by atomic mass is 16.2. The van der Waals surface area contributed by atoms with Crippen molar-refractivity contribution >= 4 is 5.91 Å². The molecule has 2 N–H and O–H groups in total. The molecule has 2 atom stereocenters. The second-order valence-corrected chi connectivity index (χ2v) is 6.57. The van der Waals surface area contributed by atoms with E-state index in [0.29, 0.717) is 12.6 Å². The van der Waals surface area contributed by atoms with E-state index >= 15 is 0 Å². The third-order valence-corrected chi connectivity index (χ3v) is 4.80. The summed E-state index contributed by atoms with van der Waals surface area (Å²) in [6.45, 7) is 8.20. The van der Waals surface area contributed by atoms with Gasteiger partial charge in [0.25, 0.3) is 0 Å². The molecule has 2 heterocycles. The molecular formula is C16H31N3O. The number of amides is 1. The Morgan fingerprint density at radius 3 is 2.70 bits per heavy atom. The van der Waals surface area contributed by atoms with E-state index in [1.165, 1.54) is 32.2 Å². The quantitative estimate of drug-likeness (QED) is 0.780. The van der Waals surface area contributed by atoms with Gasteiger partial charge in [-0.3, -0.25) is 9.69 Å². The Bertz CT molecular complexity index is 294. The Morgan fingerprint density at radius 2 is 2.10 bits per heavy atom. The van der Waals surface area contributed by atoms with Crippen LogP contribution in [0.25, 0.3) is 0 Å². The first-order valence-corrected chi connectivity index (χ1v) is 8.44. The fourth-order valence-electron chi connectivity index (χ4n) is 3.66. The Kier molecular flexibility index (Phi) is 6.30. The van der Waals surface area contributed by atoms with Gasteiger partial charge < -0.3 is 10.6 Å². The van der Waals surface area contributed by atoms with Crippen molar-refractivity contribution in [2.24, 2.45) is 5.92 Å². The third kappa shape index (κ3) is 4.74. The maximum atomic E-state index is 12.0. The minimum absolute atomic E-state index is 0.198. The number of carbonyl (C=O) groups excluding carboxylic acids is 1. The molecule has 2 saturated heterocycles. The van der Waals surface area contributed by atoms with E-state index < -0.39 is 0 Å². The van der Waals surface area contributed by atoms with Gasteiger partial charge in [-0.25, -0.2) is 0 Å². The molecule has 20 heavy (non-hydrogen) atoms. The second-order valence-electron chi connectivity index (χ2n) is 6.57. The molecule has 0 aromatic heterocycles. The maximum absolute atomic E-state index is 12.0. The van der Waals surface area contributed by atoms with Crippen molar-refractivity contribution in [3.8, 4) is 0 Å². The van der Waals surface area contributed by atoms with Crippen LogP contribution in [0.4, 0.5) is 0 Å². The van der Waals surface area contributed by atoms with Crippen LogP contribution in [-0.4, -0.2) is 49.1 Å². The zero-order chi connectivity index (χ0) is 14.4. The summed E-state index contributed by atoms with van der Waals surface area (Å²) in [5.41, 5.74) is 0. The molecule has 0 radical (unpaired) electrons. The lowest BCUT2D eigenvalue weighted by Gasteiger charge is -2.34. The van der Waals surface area contributed by atoms with E-state index in [0.717, 1.165) is 37.9 Å². The second kappa shape index (κ2) is 7.99. The Balaban J connectivity index is 1.64. The number of hydrogen-bond donors (Lipinski definition) is 2. The highest BCUT2D eigenvalue weighted by molar-refractivity contribution is 5.78. The van der Waals surface area contributed by atoms with Gasteiger partial charge in [0.05, 0.1) is 6.54 Å². The van der Waals surface area contributed by atoms with Crippen molar-refractivity contribution in [3.05, 3.63) is 0 Å². The van der Waals surface area contributed by atoms with Crippen molar-refractivity contribution in [2.75, 3.05) is 26.2 Å².